The number of benzene rings is 3. The van der Waals surface area contributed by atoms with Gasteiger partial charge in [-0.15, -0.1) is 0 Å². The van der Waals surface area contributed by atoms with Gasteiger partial charge in [-0.1, -0.05) is 43.3 Å². The van der Waals surface area contributed by atoms with Gasteiger partial charge in [0.25, 0.3) is 5.91 Å². The summed E-state index contributed by atoms with van der Waals surface area (Å²) in [7, 11) is -1.50. The number of esters is 1. The Bertz CT molecular complexity index is 1910. The van der Waals surface area contributed by atoms with Crippen LogP contribution >= 0.6 is 0 Å². The summed E-state index contributed by atoms with van der Waals surface area (Å²) in [6.07, 6.45) is -0.793. The van der Waals surface area contributed by atoms with Crippen LogP contribution in [0.3, 0.4) is 0 Å². The molecule has 0 aromatic heterocycles. The third kappa shape index (κ3) is 5.99. The third-order valence-corrected chi connectivity index (χ3v) is 13.7. The number of nitrogens with zero attached hydrogens (tertiary/aromatic N) is 3. The molecule has 12 nitrogen and oxygen atoms in total. The van der Waals surface area contributed by atoms with Crippen molar-refractivity contribution in [1.29, 1.82) is 0 Å². The zero-order chi connectivity index (χ0) is 37.1. The van der Waals surface area contributed by atoms with E-state index in [4.69, 9.17) is 14.2 Å². The number of carbonyl (C=O) groups is 4. The van der Waals surface area contributed by atoms with Crippen LogP contribution in [-0.2, 0) is 53.8 Å². The lowest BCUT2D eigenvalue weighted by atomic mass is 9.82. The fourth-order valence-electron chi connectivity index (χ4n) is 8.80. The van der Waals surface area contributed by atoms with Gasteiger partial charge in [0.15, 0.2) is 20.1 Å². The van der Waals surface area contributed by atoms with Crippen molar-refractivity contribution >= 4 is 43.4 Å². The van der Waals surface area contributed by atoms with Gasteiger partial charge in [-0.05, 0) is 66.5 Å². The Hall–Kier alpha value is -4.56. The smallest absolute Gasteiger partial charge is 0.304 e. The molecule has 2 N–H and O–H groups in total. The van der Waals surface area contributed by atoms with Crippen LogP contribution in [0.2, 0.25) is 18.6 Å². The van der Waals surface area contributed by atoms with Gasteiger partial charge < -0.3 is 33.9 Å². The summed E-state index contributed by atoms with van der Waals surface area (Å²) in [6.45, 7) is 7.24. The van der Waals surface area contributed by atoms with Crippen molar-refractivity contribution in [3.63, 3.8) is 0 Å². The molecule has 1 unspecified atom stereocenters. The second-order valence-corrected chi connectivity index (χ2v) is 18.8. The monoisotopic (exact) mass is 727 g/mol. The highest BCUT2D eigenvalue weighted by Gasteiger charge is 2.66. The van der Waals surface area contributed by atoms with Gasteiger partial charge in [0, 0.05) is 36.2 Å². The molecule has 6 atom stereocenters. The number of aliphatic hydroxyl groups is 1. The molecule has 3 amide bonds. The van der Waals surface area contributed by atoms with Gasteiger partial charge in [0.05, 0.1) is 50.9 Å². The molecule has 4 aliphatic rings. The van der Waals surface area contributed by atoms with Crippen molar-refractivity contribution in [2.45, 2.75) is 88.8 Å². The average Bonchev–Trinajstić information content (AvgIpc) is 3.53. The number of rotatable bonds is 9. The van der Waals surface area contributed by atoms with E-state index in [1.807, 2.05) is 68.5 Å². The number of fused-ring (bicyclic) bond motifs is 3. The summed E-state index contributed by atoms with van der Waals surface area (Å²) in [5, 5.41) is 10.3. The molecule has 2 saturated heterocycles. The lowest BCUT2D eigenvalue weighted by Crippen LogP contribution is -2.54. The number of carbonyl (C=O) groups excluding carboxylic acids is 4. The minimum Gasteiger partial charge on any atom is -0.497 e. The van der Waals surface area contributed by atoms with Crippen molar-refractivity contribution in [3.8, 4) is 5.75 Å². The number of hydrogen-bond donors (Lipinski definition) is 2. The molecule has 0 aliphatic carbocycles. The van der Waals surface area contributed by atoms with E-state index in [0.29, 0.717) is 35.7 Å². The van der Waals surface area contributed by atoms with Gasteiger partial charge >= 0.3 is 5.97 Å². The molecular formula is C39H45N3O9Si. The van der Waals surface area contributed by atoms with Crippen molar-refractivity contribution < 1.29 is 43.3 Å². The fourth-order valence-corrected chi connectivity index (χ4v) is 11.4. The van der Waals surface area contributed by atoms with Crippen LogP contribution in [0.15, 0.2) is 66.7 Å². The minimum atomic E-state index is -3.06. The second kappa shape index (κ2) is 13.4. The highest BCUT2D eigenvalue weighted by Crippen LogP contribution is 2.60. The Labute approximate surface area is 304 Å². The summed E-state index contributed by atoms with van der Waals surface area (Å²) in [4.78, 5) is 69.5. The van der Waals surface area contributed by atoms with E-state index < -0.39 is 43.7 Å². The maximum absolute atomic E-state index is 14.9. The quantitative estimate of drug-likeness (QED) is 0.190. The molecule has 274 valence electrons. The molecular weight excluding hydrogens is 683 g/mol. The van der Waals surface area contributed by atoms with Crippen LogP contribution in [0.25, 0.3) is 0 Å². The van der Waals surface area contributed by atoms with E-state index in [1.54, 1.807) is 35.1 Å². The second-order valence-electron chi connectivity index (χ2n) is 14.9. The number of amides is 3. The molecule has 13 heteroatoms. The molecule has 3 aromatic rings. The normalized spacial score (nSPS) is 26.7. The number of methoxy groups -OCH3 is 1. The number of anilines is 2. The standard InChI is InChI=1S/C39H45N3O9Si/c1-23-37(52(4,5)48)33(18-34(45)40-21-27-9-7-6-8-26(27)16-29(40)22-43)51-39(23)31-17-30(49-3)14-15-32(31)41(38(39)47)20-25-10-12-28(13-11-25)42-35(46)19-36(42)50-24(2)44/h6-15,17,23,29,33,36-37,43,48H,16,18-22H2,1-5H3/t23-,29-,33+,36?,37-,39+/m0/s1. The van der Waals surface area contributed by atoms with Crippen molar-refractivity contribution in [3.05, 3.63) is 89.0 Å². The molecule has 0 bridgehead atoms. The molecule has 7 rings (SSSR count). The summed E-state index contributed by atoms with van der Waals surface area (Å²) in [5.41, 5.74) is 2.82. The Morgan fingerprint density at radius 2 is 1.73 bits per heavy atom. The van der Waals surface area contributed by atoms with Crippen molar-refractivity contribution in [1.82, 2.24) is 4.90 Å². The molecule has 1 spiro atoms. The first-order chi connectivity index (χ1) is 24.8. The van der Waals surface area contributed by atoms with Crippen molar-refractivity contribution in [2.24, 2.45) is 5.92 Å². The topological polar surface area (TPSA) is 146 Å². The van der Waals surface area contributed by atoms with E-state index in [9.17, 15) is 29.1 Å². The maximum Gasteiger partial charge on any atom is 0.304 e. The molecule has 4 heterocycles. The summed E-state index contributed by atoms with van der Waals surface area (Å²) in [5.74, 6) is -1.06. The van der Waals surface area contributed by atoms with Crippen molar-refractivity contribution in [2.75, 3.05) is 23.5 Å². The van der Waals surface area contributed by atoms with Crippen LogP contribution in [0.4, 0.5) is 11.4 Å². The van der Waals surface area contributed by atoms with Gasteiger partial charge in [-0.3, -0.25) is 24.1 Å². The summed E-state index contributed by atoms with van der Waals surface area (Å²) >= 11 is 0. The molecule has 2 fully saturated rings. The maximum atomic E-state index is 14.9. The predicted octanol–water partition coefficient (Wildman–Crippen LogP) is 4.00. The zero-order valence-electron chi connectivity index (χ0n) is 30.1. The molecule has 0 saturated carbocycles. The first-order valence-corrected chi connectivity index (χ1v) is 20.7. The van der Waals surface area contributed by atoms with Crippen LogP contribution in [0.1, 0.15) is 48.9 Å². The predicted molar refractivity (Wildman–Crippen MR) is 194 cm³/mol. The number of ether oxygens (including phenoxy) is 3. The highest BCUT2D eigenvalue weighted by atomic mass is 28.4. The van der Waals surface area contributed by atoms with Crippen LogP contribution in [0.5, 0.6) is 5.75 Å². The summed E-state index contributed by atoms with van der Waals surface area (Å²) in [6, 6.07) is 20.1. The molecule has 4 aliphatic heterocycles. The Balaban J connectivity index is 1.19. The van der Waals surface area contributed by atoms with E-state index in [0.717, 1.165) is 16.7 Å². The Morgan fingerprint density at radius 1 is 1.02 bits per heavy atom. The van der Waals surface area contributed by atoms with Gasteiger partial charge in [0.2, 0.25) is 11.8 Å². The van der Waals surface area contributed by atoms with Crippen LogP contribution < -0.4 is 14.5 Å². The van der Waals surface area contributed by atoms with Crippen LogP contribution in [0, 0.1) is 5.92 Å². The van der Waals surface area contributed by atoms with Gasteiger partial charge in [0.1, 0.15) is 5.75 Å². The Kier molecular flexibility index (Phi) is 9.26. The van der Waals surface area contributed by atoms with E-state index >= 15 is 0 Å². The summed E-state index contributed by atoms with van der Waals surface area (Å²) < 4.78 is 17.8. The zero-order valence-corrected chi connectivity index (χ0v) is 31.1. The fraction of sp³-hybridized carbons (Fsp3) is 0.436. The first-order valence-electron chi connectivity index (χ1n) is 17.7. The SMILES string of the molecule is COc1ccc2c(c1)[C@@]1(O[C@H](CC(=O)N3Cc4ccccc4C[C@H]3CO)[C@@H]([Si](C)(C)O)[C@@H]1C)C(=O)N2Cc1ccc(N2C(=O)CC2OC(C)=O)cc1. The van der Waals surface area contributed by atoms with E-state index in [1.165, 1.54) is 11.8 Å². The van der Waals surface area contributed by atoms with Crippen LogP contribution in [-0.4, -0.2) is 78.9 Å². The minimum absolute atomic E-state index is 0.0516. The lowest BCUT2D eigenvalue weighted by molar-refractivity contribution is -0.154. The largest absolute Gasteiger partial charge is 0.497 e. The molecule has 52 heavy (non-hydrogen) atoms. The van der Waals surface area contributed by atoms with Gasteiger partial charge in [-0.25, -0.2) is 0 Å². The van der Waals surface area contributed by atoms with E-state index in [-0.39, 0.29) is 49.8 Å². The number of aliphatic hydroxyl groups excluding tert-OH is 1. The van der Waals surface area contributed by atoms with E-state index in [2.05, 4.69) is 0 Å². The highest BCUT2D eigenvalue weighted by molar-refractivity contribution is 6.71. The lowest BCUT2D eigenvalue weighted by Gasteiger charge is -2.39. The third-order valence-electron chi connectivity index (χ3n) is 11.2. The Morgan fingerprint density at radius 3 is 2.37 bits per heavy atom. The number of β-lactam (4-membered cyclic amide) rings is 1. The number of hydrogen-bond acceptors (Lipinski definition) is 9. The molecule has 0 radical (unpaired) electrons. The first kappa shape index (κ1) is 35.8. The average molecular weight is 728 g/mol. The van der Waals surface area contributed by atoms with Gasteiger partial charge in [-0.2, -0.15) is 0 Å². The molecule has 3 aromatic carbocycles.